The van der Waals surface area contributed by atoms with Gasteiger partial charge in [-0.2, -0.15) is 0 Å². The summed E-state index contributed by atoms with van der Waals surface area (Å²) in [5.41, 5.74) is 2.45. The summed E-state index contributed by atoms with van der Waals surface area (Å²) in [4.78, 5) is 32.8. The molecule has 5 aromatic rings. The van der Waals surface area contributed by atoms with Gasteiger partial charge in [0.2, 0.25) is 11.9 Å². The van der Waals surface area contributed by atoms with Gasteiger partial charge in [-0.25, -0.2) is 9.37 Å². The van der Waals surface area contributed by atoms with Gasteiger partial charge in [0.1, 0.15) is 23.9 Å². The van der Waals surface area contributed by atoms with Gasteiger partial charge in [0.15, 0.2) is 0 Å². The lowest BCUT2D eigenvalue weighted by Crippen LogP contribution is -2.37. The van der Waals surface area contributed by atoms with Crippen molar-refractivity contribution in [2.24, 2.45) is 0 Å². The van der Waals surface area contributed by atoms with E-state index in [4.69, 9.17) is 9.15 Å². The van der Waals surface area contributed by atoms with Crippen LogP contribution in [0.2, 0.25) is 0 Å². The molecule has 0 aliphatic rings. The Kier molecular flexibility index (Phi) is 7.49. The number of halogens is 1. The van der Waals surface area contributed by atoms with Crippen molar-refractivity contribution < 1.29 is 23.1 Å². The number of furan rings is 1. The van der Waals surface area contributed by atoms with E-state index in [1.807, 2.05) is 30.3 Å². The molecular formula is C30H25FN4O4. The summed E-state index contributed by atoms with van der Waals surface area (Å²) in [5, 5.41) is 2.82. The normalized spacial score (nSPS) is 10.7. The molecule has 0 spiro atoms. The maximum Gasteiger partial charge on any atom is 0.254 e. The van der Waals surface area contributed by atoms with Gasteiger partial charge >= 0.3 is 0 Å². The molecule has 8 nitrogen and oxygen atoms in total. The number of nitrogens with zero attached hydrogens (tertiary/aromatic N) is 3. The van der Waals surface area contributed by atoms with Crippen LogP contribution in [0.15, 0.2) is 108 Å². The molecule has 3 aromatic carbocycles. The summed E-state index contributed by atoms with van der Waals surface area (Å²) in [6.45, 7) is -0.189. The van der Waals surface area contributed by atoms with Crippen molar-refractivity contribution in [3.05, 3.63) is 121 Å². The van der Waals surface area contributed by atoms with Gasteiger partial charge < -0.3 is 14.1 Å². The second kappa shape index (κ2) is 11.5. The van der Waals surface area contributed by atoms with E-state index in [-0.39, 0.29) is 30.8 Å². The zero-order valence-electron chi connectivity index (χ0n) is 21.1. The van der Waals surface area contributed by atoms with Crippen molar-refractivity contribution in [2.75, 3.05) is 19.0 Å². The van der Waals surface area contributed by atoms with Crippen LogP contribution in [0.5, 0.6) is 5.75 Å². The number of hydrogen-bond donors (Lipinski definition) is 1. The maximum absolute atomic E-state index is 13.6. The Morgan fingerprint density at radius 3 is 2.51 bits per heavy atom. The maximum atomic E-state index is 13.6. The Labute approximate surface area is 224 Å². The average molecular weight is 525 g/mol. The summed E-state index contributed by atoms with van der Waals surface area (Å²) >= 11 is 0. The van der Waals surface area contributed by atoms with Gasteiger partial charge in [0.05, 0.1) is 25.6 Å². The van der Waals surface area contributed by atoms with Crippen LogP contribution < -0.4 is 10.1 Å². The number of nitrogens with one attached hydrogen (secondary N) is 1. The van der Waals surface area contributed by atoms with Crippen LogP contribution in [-0.4, -0.2) is 39.9 Å². The van der Waals surface area contributed by atoms with Crippen molar-refractivity contribution in [2.45, 2.75) is 6.54 Å². The number of rotatable bonds is 9. The Bertz CT molecular complexity index is 1560. The first-order valence-electron chi connectivity index (χ1n) is 12.2. The molecule has 2 heterocycles. The van der Waals surface area contributed by atoms with Gasteiger partial charge in [0.25, 0.3) is 5.91 Å². The first-order valence-corrected chi connectivity index (χ1v) is 12.2. The third-order valence-corrected chi connectivity index (χ3v) is 6.00. The number of amides is 2. The summed E-state index contributed by atoms with van der Waals surface area (Å²) in [6.07, 6.45) is 3.27. The quantitative estimate of drug-likeness (QED) is 0.273. The Hall–Kier alpha value is -5.18. The molecular weight excluding hydrogens is 499 g/mol. The lowest BCUT2D eigenvalue weighted by molar-refractivity contribution is -0.117. The number of hydrogen-bond acceptors (Lipinski definition) is 5. The minimum atomic E-state index is -0.466. The van der Waals surface area contributed by atoms with Crippen LogP contribution in [0.1, 0.15) is 16.1 Å². The average Bonchev–Trinajstić information content (AvgIpc) is 3.63. The van der Waals surface area contributed by atoms with Crippen LogP contribution in [-0.2, 0) is 11.3 Å². The minimum absolute atomic E-state index is 0.0815. The first kappa shape index (κ1) is 25.5. The standard InChI is InChI=1S/C30H25FN4O4/c1-38-25-10-5-9-22(17-25)29(37)34(18-26-11-6-16-39-26)20-28(36)33-30-32-27(21-7-3-2-4-8-21)19-35(30)24-14-12-23(31)13-15-24/h2-17,19H,18,20H2,1H3,(H,32,33,36). The van der Waals surface area contributed by atoms with E-state index in [9.17, 15) is 14.0 Å². The molecule has 9 heteroatoms. The van der Waals surface area contributed by atoms with Gasteiger partial charge in [-0.3, -0.25) is 19.5 Å². The summed E-state index contributed by atoms with van der Waals surface area (Å²) < 4.78 is 26.0. The number of imidazole rings is 1. The lowest BCUT2D eigenvalue weighted by atomic mass is 10.2. The molecule has 1 N–H and O–H groups in total. The molecule has 5 rings (SSSR count). The minimum Gasteiger partial charge on any atom is -0.497 e. The Morgan fingerprint density at radius 2 is 1.79 bits per heavy atom. The molecule has 0 saturated heterocycles. The number of anilines is 1. The van der Waals surface area contributed by atoms with Crippen molar-refractivity contribution in [1.82, 2.24) is 14.5 Å². The van der Waals surface area contributed by atoms with E-state index in [1.54, 1.807) is 59.3 Å². The van der Waals surface area contributed by atoms with E-state index in [1.165, 1.54) is 30.4 Å². The highest BCUT2D eigenvalue weighted by molar-refractivity contribution is 5.99. The van der Waals surface area contributed by atoms with E-state index >= 15 is 0 Å². The van der Waals surface area contributed by atoms with Crippen molar-refractivity contribution in [3.8, 4) is 22.7 Å². The second-order valence-electron chi connectivity index (χ2n) is 8.68. The zero-order chi connectivity index (χ0) is 27.2. The topological polar surface area (TPSA) is 89.6 Å². The molecule has 2 aromatic heterocycles. The molecule has 0 fully saturated rings. The van der Waals surface area contributed by atoms with Crippen molar-refractivity contribution in [3.63, 3.8) is 0 Å². The fourth-order valence-electron chi connectivity index (χ4n) is 4.08. The third-order valence-electron chi connectivity index (χ3n) is 6.00. The van der Waals surface area contributed by atoms with E-state index in [0.29, 0.717) is 28.5 Å². The monoisotopic (exact) mass is 524 g/mol. The van der Waals surface area contributed by atoms with Crippen molar-refractivity contribution in [1.29, 1.82) is 0 Å². The predicted molar refractivity (Wildman–Crippen MR) is 144 cm³/mol. The predicted octanol–water partition coefficient (Wildman–Crippen LogP) is 5.56. The number of methoxy groups -OCH3 is 1. The lowest BCUT2D eigenvalue weighted by Gasteiger charge is -2.21. The van der Waals surface area contributed by atoms with Gasteiger partial charge in [0, 0.05) is 23.0 Å². The SMILES string of the molecule is COc1cccc(C(=O)N(CC(=O)Nc2nc(-c3ccccc3)cn2-c2ccc(F)cc2)Cc2ccco2)c1. The zero-order valence-corrected chi connectivity index (χ0v) is 21.1. The number of ether oxygens (including phenoxy) is 1. The fraction of sp³-hybridized carbons (Fsp3) is 0.100. The number of carbonyl (C=O) groups is 2. The molecule has 0 radical (unpaired) electrons. The molecule has 0 saturated carbocycles. The highest BCUT2D eigenvalue weighted by Gasteiger charge is 2.22. The summed E-state index contributed by atoms with van der Waals surface area (Å²) in [7, 11) is 1.52. The molecule has 2 amide bonds. The van der Waals surface area contributed by atoms with Gasteiger partial charge in [-0.05, 0) is 54.6 Å². The van der Waals surface area contributed by atoms with Crippen LogP contribution >= 0.6 is 0 Å². The van der Waals surface area contributed by atoms with Crippen LogP contribution in [0, 0.1) is 5.82 Å². The fourth-order valence-corrected chi connectivity index (χ4v) is 4.08. The highest BCUT2D eigenvalue weighted by atomic mass is 19.1. The molecule has 0 aliphatic heterocycles. The van der Waals surface area contributed by atoms with E-state index < -0.39 is 5.91 Å². The molecule has 0 aliphatic carbocycles. The number of aromatic nitrogens is 2. The molecule has 0 bridgehead atoms. The van der Waals surface area contributed by atoms with E-state index in [2.05, 4.69) is 10.3 Å². The first-order chi connectivity index (χ1) is 19.0. The summed E-state index contributed by atoms with van der Waals surface area (Å²) in [5.74, 6) is 0.0736. The Balaban J connectivity index is 1.43. The number of carbonyl (C=O) groups excluding carboxylic acids is 2. The Morgan fingerprint density at radius 1 is 1.00 bits per heavy atom. The van der Waals surface area contributed by atoms with Gasteiger partial charge in [-0.1, -0.05) is 36.4 Å². The summed E-state index contributed by atoms with van der Waals surface area (Å²) in [6, 6.07) is 25.5. The van der Waals surface area contributed by atoms with Gasteiger partial charge in [-0.15, -0.1) is 0 Å². The molecule has 39 heavy (non-hydrogen) atoms. The largest absolute Gasteiger partial charge is 0.497 e. The third kappa shape index (κ3) is 6.04. The smallest absolute Gasteiger partial charge is 0.254 e. The van der Waals surface area contributed by atoms with Crippen molar-refractivity contribution >= 4 is 17.8 Å². The number of benzene rings is 3. The van der Waals surface area contributed by atoms with Crippen LogP contribution in [0.25, 0.3) is 16.9 Å². The molecule has 0 atom stereocenters. The molecule has 0 unspecified atom stereocenters. The van der Waals surface area contributed by atoms with Crippen LogP contribution in [0.3, 0.4) is 0 Å². The molecule has 196 valence electrons. The second-order valence-corrected chi connectivity index (χ2v) is 8.68. The van der Waals surface area contributed by atoms with E-state index in [0.717, 1.165) is 5.56 Å². The highest BCUT2D eigenvalue weighted by Crippen LogP contribution is 2.25. The van der Waals surface area contributed by atoms with Crippen LogP contribution in [0.4, 0.5) is 10.3 Å².